The van der Waals surface area contributed by atoms with Crippen molar-refractivity contribution in [2.45, 2.75) is 18.9 Å². The predicted molar refractivity (Wildman–Crippen MR) is 69.9 cm³/mol. The normalized spacial score (nSPS) is 18.8. The van der Waals surface area contributed by atoms with E-state index < -0.39 is 11.8 Å². The van der Waals surface area contributed by atoms with Crippen LogP contribution in [0.5, 0.6) is 0 Å². The summed E-state index contributed by atoms with van der Waals surface area (Å²) in [5, 5.41) is 0. The number of nitrogens with zero attached hydrogens (tertiary/aromatic N) is 2. The maximum Gasteiger partial charge on any atom is 0.213 e. The molecule has 3 rings (SSSR count). The van der Waals surface area contributed by atoms with E-state index >= 15 is 0 Å². The maximum atomic E-state index is 13.9. The maximum absolute atomic E-state index is 13.9. The van der Waals surface area contributed by atoms with Crippen LogP contribution in [0.3, 0.4) is 0 Å². The highest BCUT2D eigenvalue weighted by molar-refractivity contribution is 5.49. The van der Waals surface area contributed by atoms with Crippen LogP contribution in [-0.2, 0) is 0 Å². The van der Waals surface area contributed by atoms with E-state index in [-0.39, 0.29) is 6.04 Å². The fraction of sp³-hybridized carbons (Fsp3) is 0.267. The molecule has 1 aromatic carbocycles. The number of aromatic nitrogens is 1. The van der Waals surface area contributed by atoms with Gasteiger partial charge in [0.15, 0.2) is 0 Å². The highest BCUT2D eigenvalue weighted by Gasteiger charge is 2.28. The Morgan fingerprint density at radius 2 is 1.95 bits per heavy atom. The molecule has 2 aromatic rings. The molecule has 1 atom stereocenters. The standard InChI is InChI=1S/C15H14F2N2/c16-13-10-18-15(17)9-12(13)14-7-4-8-19(14)11-5-2-1-3-6-11/h1-3,5-6,9-10,14H,4,7-8H2. The number of benzene rings is 1. The van der Waals surface area contributed by atoms with Gasteiger partial charge in [0.05, 0.1) is 12.2 Å². The van der Waals surface area contributed by atoms with Crippen LogP contribution in [0.4, 0.5) is 14.5 Å². The van der Waals surface area contributed by atoms with Crippen molar-refractivity contribution in [1.82, 2.24) is 4.98 Å². The van der Waals surface area contributed by atoms with Gasteiger partial charge < -0.3 is 4.90 Å². The minimum absolute atomic E-state index is 0.111. The summed E-state index contributed by atoms with van der Waals surface area (Å²) in [5.74, 6) is -1.06. The van der Waals surface area contributed by atoms with Gasteiger partial charge in [-0.15, -0.1) is 0 Å². The van der Waals surface area contributed by atoms with Gasteiger partial charge in [-0.25, -0.2) is 9.37 Å². The lowest BCUT2D eigenvalue weighted by molar-refractivity contribution is 0.533. The van der Waals surface area contributed by atoms with Crippen LogP contribution in [0.15, 0.2) is 42.6 Å². The van der Waals surface area contributed by atoms with Crippen molar-refractivity contribution in [3.8, 4) is 0 Å². The zero-order valence-electron chi connectivity index (χ0n) is 10.4. The Balaban J connectivity index is 1.97. The molecule has 19 heavy (non-hydrogen) atoms. The molecule has 0 amide bonds. The lowest BCUT2D eigenvalue weighted by atomic mass is 10.0. The number of hydrogen-bond acceptors (Lipinski definition) is 2. The Morgan fingerprint density at radius 3 is 2.74 bits per heavy atom. The number of anilines is 1. The molecule has 0 spiro atoms. The average Bonchev–Trinajstić information content (AvgIpc) is 2.91. The first-order valence-electron chi connectivity index (χ1n) is 6.38. The largest absolute Gasteiger partial charge is 0.364 e. The Labute approximate surface area is 110 Å². The van der Waals surface area contributed by atoms with Gasteiger partial charge in [0, 0.05) is 23.9 Å². The fourth-order valence-electron chi connectivity index (χ4n) is 2.70. The topological polar surface area (TPSA) is 16.1 Å². The van der Waals surface area contributed by atoms with Crippen LogP contribution in [0.25, 0.3) is 0 Å². The van der Waals surface area contributed by atoms with Crippen LogP contribution >= 0.6 is 0 Å². The highest BCUT2D eigenvalue weighted by Crippen LogP contribution is 2.36. The number of rotatable bonds is 2. The van der Waals surface area contributed by atoms with Gasteiger partial charge in [-0.05, 0) is 25.0 Å². The number of para-hydroxylation sites is 1. The Bertz CT molecular complexity index is 572. The van der Waals surface area contributed by atoms with Gasteiger partial charge in [0.1, 0.15) is 5.82 Å². The fourth-order valence-corrected chi connectivity index (χ4v) is 2.70. The van der Waals surface area contributed by atoms with E-state index in [1.165, 1.54) is 6.07 Å². The Hall–Kier alpha value is -1.97. The molecule has 0 bridgehead atoms. The van der Waals surface area contributed by atoms with E-state index in [0.717, 1.165) is 31.3 Å². The number of pyridine rings is 1. The predicted octanol–water partition coefficient (Wildman–Crippen LogP) is 3.70. The summed E-state index contributed by atoms with van der Waals surface area (Å²) in [6, 6.07) is 10.9. The minimum atomic E-state index is -0.628. The third-order valence-electron chi connectivity index (χ3n) is 3.55. The van der Waals surface area contributed by atoms with Crippen LogP contribution in [0, 0.1) is 11.8 Å². The second kappa shape index (κ2) is 4.96. The van der Waals surface area contributed by atoms with Crippen molar-refractivity contribution < 1.29 is 8.78 Å². The van der Waals surface area contributed by atoms with E-state index in [1.807, 2.05) is 30.3 Å². The van der Waals surface area contributed by atoms with Gasteiger partial charge in [0.25, 0.3) is 0 Å². The zero-order valence-corrected chi connectivity index (χ0v) is 10.4. The minimum Gasteiger partial charge on any atom is -0.364 e. The number of halogens is 2. The summed E-state index contributed by atoms with van der Waals surface area (Å²) in [5.41, 5.74) is 1.44. The third-order valence-corrected chi connectivity index (χ3v) is 3.55. The molecule has 0 aliphatic carbocycles. The first kappa shape index (κ1) is 12.1. The molecular weight excluding hydrogens is 246 g/mol. The number of hydrogen-bond donors (Lipinski definition) is 0. The second-order valence-electron chi connectivity index (χ2n) is 4.72. The van der Waals surface area contributed by atoms with Gasteiger partial charge in [-0.1, -0.05) is 18.2 Å². The Morgan fingerprint density at radius 1 is 1.16 bits per heavy atom. The molecule has 4 heteroatoms. The SMILES string of the molecule is Fc1cc(C2CCCN2c2ccccc2)c(F)cn1. The molecule has 0 radical (unpaired) electrons. The van der Waals surface area contributed by atoms with Gasteiger partial charge in [-0.2, -0.15) is 4.39 Å². The summed E-state index contributed by atoms with van der Waals surface area (Å²) in [6.07, 6.45) is 2.77. The van der Waals surface area contributed by atoms with Crippen molar-refractivity contribution in [1.29, 1.82) is 0 Å². The molecule has 1 saturated heterocycles. The monoisotopic (exact) mass is 260 g/mol. The first-order valence-corrected chi connectivity index (χ1v) is 6.38. The Kier molecular flexibility index (Phi) is 3.15. The molecular formula is C15H14F2N2. The molecule has 98 valence electrons. The lowest BCUT2D eigenvalue weighted by Gasteiger charge is -2.27. The van der Waals surface area contributed by atoms with Crippen LogP contribution in [0.2, 0.25) is 0 Å². The molecule has 2 heterocycles. The van der Waals surface area contributed by atoms with Crippen LogP contribution < -0.4 is 4.90 Å². The van der Waals surface area contributed by atoms with E-state index in [4.69, 9.17) is 0 Å². The summed E-state index contributed by atoms with van der Waals surface area (Å²) < 4.78 is 27.1. The van der Waals surface area contributed by atoms with Crippen LogP contribution in [-0.4, -0.2) is 11.5 Å². The summed E-state index contributed by atoms with van der Waals surface area (Å²) in [6.45, 7) is 0.859. The van der Waals surface area contributed by atoms with Gasteiger partial charge in [-0.3, -0.25) is 0 Å². The van der Waals surface area contributed by atoms with Crippen molar-refractivity contribution in [2.75, 3.05) is 11.4 Å². The summed E-state index contributed by atoms with van der Waals surface area (Å²) in [7, 11) is 0. The van der Waals surface area contributed by atoms with Crippen molar-refractivity contribution in [3.05, 3.63) is 59.9 Å². The van der Waals surface area contributed by atoms with Crippen LogP contribution in [0.1, 0.15) is 24.4 Å². The first-order chi connectivity index (χ1) is 9.25. The van der Waals surface area contributed by atoms with E-state index in [9.17, 15) is 8.78 Å². The molecule has 1 aromatic heterocycles. The smallest absolute Gasteiger partial charge is 0.213 e. The van der Waals surface area contributed by atoms with Crippen molar-refractivity contribution in [2.24, 2.45) is 0 Å². The molecule has 0 saturated carbocycles. The molecule has 1 aliphatic heterocycles. The quantitative estimate of drug-likeness (QED) is 0.765. The average molecular weight is 260 g/mol. The zero-order chi connectivity index (χ0) is 13.2. The van der Waals surface area contributed by atoms with E-state index in [0.29, 0.717) is 5.56 Å². The van der Waals surface area contributed by atoms with Crippen molar-refractivity contribution >= 4 is 5.69 Å². The van der Waals surface area contributed by atoms with Gasteiger partial charge in [0.2, 0.25) is 5.95 Å². The van der Waals surface area contributed by atoms with E-state index in [1.54, 1.807) is 0 Å². The lowest BCUT2D eigenvalue weighted by Crippen LogP contribution is -2.23. The molecule has 1 fully saturated rings. The second-order valence-corrected chi connectivity index (χ2v) is 4.72. The third kappa shape index (κ3) is 2.30. The molecule has 2 nitrogen and oxygen atoms in total. The van der Waals surface area contributed by atoms with E-state index in [2.05, 4.69) is 9.88 Å². The van der Waals surface area contributed by atoms with Crippen molar-refractivity contribution in [3.63, 3.8) is 0 Å². The molecule has 1 aliphatic rings. The summed E-state index contributed by atoms with van der Waals surface area (Å²) in [4.78, 5) is 5.47. The molecule has 0 N–H and O–H groups in total. The summed E-state index contributed by atoms with van der Waals surface area (Å²) >= 11 is 0. The highest BCUT2D eigenvalue weighted by atomic mass is 19.1. The molecule has 1 unspecified atom stereocenters. The van der Waals surface area contributed by atoms with Gasteiger partial charge >= 0.3 is 0 Å².